The predicted octanol–water partition coefficient (Wildman–Crippen LogP) is 2.49. The van der Waals surface area contributed by atoms with Crippen molar-refractivity contribution in [2.45, 2.75) is 71.6 Å². The Bertz CT molecular complexity index is 526. The molecule has 30 heavy (non-hydrogen) atoms. The molecular weight excluding hydrogens is 495 g/mol. The SMILES string of the molecule is CCC(CC)(CNC(=NC)NCC(C)N1CCN(C)CC1)NC(=O)OC(C)(C)C.I. The number of guanidine groups is 1. The lowest BCUT2D eigenvalue weighted by Gasteiger charge is -2.37. The molecule has 0 bridgehead atoms. The fourth-order valence-electron chi connectivity index (χ4n) is 3.35. The number of piperazine rings is 1. The van der Waals surface area contributed by atoms with Gasteiger partial charge in [-0.25, -0.2) is 4.79 Å². The van der Waals surface area contributed by atoms with Crippen LogP contribution in [0.15, 0.2) is 4.99 Å². The van der Waals surface area contributed by atoms with Crippen LogP contribution in [0.5, 0.6) is 0 Å². The molecule has 1 heterocycles. The molecule has 178 valence electrons. The Morgan fingerprint density at radius 3 is 2.13 bits per heavy atom. The summed E-state index contributed by atoms with van der Waals surface area (Å²) in [5.74, 6) is 0.753. The van der Waals surface area contributed by atoms with Crippen molar-refractivity contribution in [2.24, 2.45) is 4.99 Å². The van der Waals surface area contributed by atoms with Crippen molar-refractivity contribution in [3.8, 4) is 0 Å². The lowest BCUT2D eigenvalue weighted by Crippen LogP contribution is -2.58. The molecule has 1 aliphatic heterocycles. The molecule has 0 aliphatic carbocycles. The number of likely N-dealkylation sites (N-methyl/N-ethyl adjacent to an activating group) is 1. The fourth-order valence-corrected chi connectivity index (χ4v) is 3.35. The van der Waals surface area contributed by atoms with Gasteiger partial charge in [0.25, 0.3) is 0 Å². The number of hydrogen-bond donors (Lipinski definition) is 3. The van der Waals surface area contributed by atoms with Crippen LogP contribution in [0.3, 0.4) is 0 Å². The van der Waals surface area contributed by atoms with Crippen LogP contribution in [0.4, 0.5) is 4.79 Å². The molecule has 0 aromatic heterocycles. The van der Waals surface area contributed by atoms with E-state index in [0.717, 1.165) is 51.5 Å². The maximum atomic E-state index is 12.3. The van der Waals surface area contributed by atoms with Gasteiger partial charge in [-0.1, -0.05) is 13.8 Å². The second-order valence-corrected chi connectivity index (χ2v) is 9.11. The van der Waals surface area contributed by atoms with Crippen LogP contribution in [0.1, 0.15) is 54.4 Å². The van der Waals surface area contributed by atoms with Gasteiger partial charge in [0.1, 0.15) is 5.60 Å². The minimum absolute atomic E-state index is 0. The van der Waals surface area contributed by atoms with E-state index in [1.807, 2.05) is 20.8 Å². The summed E-state index contributed by atoms with van der Waals surface area (Å²) in [4.78, 5) is 21.5. The van der Waals surface area contributed by atoms with Crippen molar-refractivity contribution >= 4 is 36.0 Å². The van der Waals surface area contributed by atoms with Crippen LogP contribution >= 0.6 is 24.0 Å². The molecule has 1 saturated heterocycles. The van der Waals surface area contributed by atoms with E-state index < -0.39 is 5.60 Å². The first-order valence-electron chi connectivity index (χ1n) is 10.9. The molecule has 1 aliphatic rings. The largest absolute Gasteiger partial charge is 0.444 e. The van der Waals surface area contributed by atoms with Gasteiger partial charge >= 0.3 is 6.09 Å². The highest BCUT2D eigenvalue weighted by molar-refractivity contribution is 14.0. The molecule has 0 aromatic rings. The number of hydrogen-bond acceptors (Lipinski definition) is 5. The number of nitrogens with one attached hydrogen (secondary N) is 3. The summed E-state index contributed by atoms with van der Waals surface area (Å²) in [6, 6.07) is 0.434. The number of ether oxygens (including phenoxy) is 1. The smallest absolute Gasteiger partial charge is 0.408 e. The summed E-state index contributed by atoms with van der Waals surface area (Å²) in [5, 5.41) is 9.88. The van der Waals surface area contributed by atoms with Crippen molar-refractivity contribution in [2.75, 3.05) is 53.4 Å². The molecule has 8 nitrogen and oxygen atoms in total. The van der Waals surface area contributed by atoms with Crippen molar-refractivity contribution < 1.29 is 9.53 Å². The van der Waals surface area contributed by atoms with Gasteiger partial charge in [0.2, 0.25) is 0 Å². The molecule has 1 amide bonds. The van der Waals surface area contributed by atoms with E-state index in [1.165, 1.54) is 0 Å². The molecular formula is C21H45IN6O2. The predicted molar refractivity (Wildman–Crippen MR) is 136 cm³/mol. The minimum Gasteiger partial charge on any atom is -0.444 e. The summed E-state index contributed by atoms with van der Waals surface area (Å²) >= 11 is 0. The van der Waals surface area contributed by atoms with E-state index in [4.69, 9.17) is 4.74 Å². The monoisotopic (exact) mass is 540 g/mol. The Hall–Kier alpha value is -0.810. The third-order valence-electron chi connectivity index (χ3n) is 5.66. The first-order chi connectivity index (χ1) is 13.5. The van der Waals surface area contributed by atoms with E-state index >= 15 is 0 Å². The Labute approximate surface area is 201 Å². The van der Waals surface area contributed by atoms with Gasteiger partial charge in [0.15, 0.2) is 5.96 Å². The summed E-state index contributed by atoms with van der Waals surface area (Å²) in [5.41, 5.74) is -0.898. The highest BCUT2D eigenvalue weighted by Crippen LogP contribution is 2.16. The van der Waals surface area contributed by atoms with Gasteiger partial charge in [0, 0.05) is 52.4 Å². The first-order valence-corrected chi connectivity index (χ1v) is 10.9. The Kier molecular flexibility index (Phi) is 13.2. The zero-order valence-corrected chi connectivity index (χ0v) is 22.6. The molecule has 3 N–H and O–H groups in total. The average Bonchev–Trinajstić information content (AvgIpc) is 2.66. The quantitative estimate of drug-likeness (QED) is 0.250. The molecule has 0 spiro atoms. The average molecular weight is 541 g/mol. The van der Waals surface area contributed by atoms with Crippen LogP contribution < -0.4 is 16.0 Å². The number of aliphatic imine (C=N–C) groups is 1. The van der Waals surface area contributed by atoms with Gasteiger partial charge in [0.05, 0.1) is 5.54 Å². The third kappa shape index (κ3) is 10.5. The van der Waals surface area contributed by atoms with Crippen molar-refractivity contribution in [1.29, 1.82) is 0 Å². The summed E-state index contributed by atoms with van der Waals surface area (Å²) < 4.78 is 5.45. The zero-order chi connectivity index (χ0) is 22.1. The number of halogens is 1. The normalized spacial score (nSPS) is 17.7. The molecule has 1 rings (SSSR count). The Morgan fingerprint density at radius 1 is 1.10 bits per heavy atom. The van der Waals surface area contributed by atoms with E-state index in [9.17, 15) is 4.79 Å². The van der Waals surface area contributed by atoms with Crippen molar-refractivity contribution in [3.63, 3.8) is 0 Å². The molecule has 1 fully saturated rings. The Morgan fingerprint density at radius 2 is 1.67 bits per heavy atom. The minimum atomic E-state index is -0.512. The van der Waals surface area contributed by atoms with Crippen LogP contribution in [-0.2, 0) is 4.74 Å². The molecule has 9 heteroatoms. The zero-order valence-electron chi connectivity index (χ0n) is 20.3. The van der Waals surface area contributed by atoms with E-state index in [1.54, 1.807) is 7.05 Å². The van der Waals surface area contributed by atoms with Gasteiger partial charge in [-0.2, -0.15) is 0 Å². The maximum absolute atomic E-state index is 12.3. The lowest BCUT2D eigenvalue weighted by atomic mass is 9.93. The number of carbonyl (C=O) groups excluding carboxylic acids is 1. The van der Waals surface area contributed by atoms with Crippen LogP contribution in [0.2, 0.25) is 0 Å². The van der Waals surface area contributed by atoms with Gasteiger partial charge in [-0.05, 0) is 47.6 Å². The third-order valence-corrected chi connectivity index (χ3v) is 5.66. The Balaban J connectivity index is 0.00000841. The molecule has 1 unspecified atom stereocenters. The second kappa shape index (κ2) is 13.6. The van der Waals surface area contributed by atoms with Gasteiger partial charge < -0.3 is 25.6 Å². The molecule has 0 aromatic carbocycles. The highest BCUT2D eigenvalue weighted by Gasteiger charge is 2.30. The summed E-state index contributed by atoms with van der Waals surface area (Å²) in [6.45, 7) is 17.9. The van der Waals surface area contributed by atoms with Crippen LogP contribution in [0.25, 0.3) is 0 Å². The topological polar surface area (TPSA) is 81.2 Å². The van der Waals surface area contributed by atoms with Crippen molar-refractivity contribution in [3.05, 3.63) is 0 Å². The second-order valence-electron chi connectivity index (χ2n) is 9.11. The molecule has 1 atom stereocenters. The van der Waals surface area contributed by atoms with E-state index in [2.05, 4.69) is 58.6 Å². The number of amides is 1. The number of alkyl carbamates (subject to hydrolysis) is 1. The fraction of sp³-hybridized carbons (Fsp3) is 0.905. The van der Waals surface area contributed by atoms with E-state index in [0.29, 0.717) is 12.6 Å². The van der Waals surface area contributed by atoms with Gasteiger partial charge in [-0.15, -0.1) is 24.0 Å². The number of rotatable bonds is 8. The molecule has 0 saturated carbocycles. The lowest BCUT2D eigenvalue weighted by molar-refractivity contribution is 0.0448. The number of carbonyl (C=O) groups is 1. The molecule has 0 radical (unpaired) electrons. The standard InChI is InChI=1S/C21H44N6O2.HI/c1-9-21(10-2,25-19(28)29-20(4,5)6)16-24-18(22-7)23-15-17(3)27-13-11-26(8)12-14-27;/h17H,9-16H2,1-8H3,(H,25,28)(H2,22,23,24);1H. The summed E-state index contributed by atoms with van der Waals surface area (Å²) in [7, 11) is 3.95. The number of nitrogens with zero attached hydrogens (tertiary/aromatic N) is 3. The highest BCUT2D eigenvalue weighted by atomic mass is 127. The van der Waals surface area contributed by atoms with Crippen LogP contribution in [-0.4, -0.2) is 92.4 Å². The summed E-state index contributed by atoms with van der Waals surface area (Å²) in [6.07, 6.45) is 1.21. The van der Waals surface area contributed by atoms with Crippen molar-refractivity contribution in [1.82, 2.24) is 25.8 Å². The first kappa shape index (κ1) is 29.2. The van der Waals surface area contributed by atoms with Crippen LogP contribution in [0, 0.1) is 0 Å². The van der Waals surface area contributed by atoms with E-state index in [-0.39, 0.29) is 35.6 Å². The van der Waals surface area contributed by atoms with Gasteiger partial charge in [-0.3, -0.25) is 9.89 Å². The maximum Gasteiger partial charge on any atom is 0.408 e.